The van der Waals surface area contributed by atoms with Crippen LogP contribution in [0.1, 0.15) is 36.0 Å². The van der Waals surface area contributed by atoms with Crippen molar-refractivity contribution < 1.29 is 9.53 Å². The molecule has 4 aromatic rings. The fourth-order valence-corrected chi connectivity index (χ4v) is 6.18. The van der Waals surface area contributed by atoms with Crippen molar-refractivity contribution in [3.63, 3.8) is 0 Å². The van der Waals surface area contributed by atoms with E-state index in [1.807, 2.05) is 23.2 Å². The molecule has 2 N–H and O–H groups in total. The number of carbonyl (C=O) groups excluding carboxylic acids is 1. The molecular weight excluding hydrogens is 454 g/mol. The zero-order valence-electron chi connectivity index (χ0n) is 20.5. The van der Waals surface area contributed by atoms with Crippen LogP contribution in [0.15, 0.2) is 36.7 Å². The van der Waals surface area contributed by atoms with Gasteiger partial charge in [-0.25, -0.2) is 15.0 Å². The average Bonchev–Trinajstić information content (AvgIpc) is 3.26. The van der Waals surface area contributed by atoms with Crippen LogP contribution in [0, 0.1) is 11.8 Å². The normalized spacial score (nSPS) is 23.4. The summed E-state index contributed by atoms with van der Waals surface area (Å²) in [6, 6.07) is 8.36. The second kappa shape index (κ2) is 8.38. The Morgan fingerprint density at radius 1 is 1.14 bits per heavy atom. The number of aromatic nitrogens is 5. The fraction of sp³-hybridized carbons (Fsp3) is 0.481. The van der Waals surface area contributed by atoms with Gasteiger partial charge in [0.15, 0.2) is 11.5 Å². The summed E-state index contributed by atoms with van der Waals surface area (Å²) in [6.07, 6.45) is 8.15. The van der Waals surface area contributed by atoms with Gasteiger partial charge in [-0.1, -0.05) is 0 Å². The van der Waals surface area contributed by atoms with Gasteiger partial charge in [-0.15, -0.1) is 0 Å². The standard InChI is InChI=1S/C27H31N7O2/c1-36-10-9-32-25-20(11-19(13-30-25)27(35)34-15-18-6-7-21(34)23(18)28)31-26(32)22-12-17-3-2-8-29-24(17)33(22)14-16-4-5-16/h2-3,8,11-13,16,18,21,23H,4-7,9-10,14-15,28H2,1H3/t18-,21-,23-/m1/s1. The third-order valence-corrected chi connectivity index (χ3v) is 8.29. The number of pyridine rings is 2. The van der Waals surface area contributed by atoms with E-state index < -0.39 is 0 Å². The van der Waals surface area contributed by atoms with Crippen LogP contribution in [0.25, 0.3) is 33.7 Å². The van der Waals surface area contributed by atoms with Crippen molar-refractivity contribution in [3.8, 4) is 11.5 Å². The number of hydrogen-bond acceptors (Lipinski definition) is 6. The van der Waals surface area contributed by atoms with Gasteiger partial charge in [0.05, 0.1) is 17.9 Å². The Labute approximate surface area is 209 Å². The Balaban J connectivity index is 1.32. The lowest BCUT2D eigenvalue weighted by Crippen LogP contribution is -2.41. The molecule has 1 aliphatic heterocycles. The number of hydrogen-bond donors (Lipinski definition) is 1. The summed E-state index contributed by atoms with van der Waals surface area (Å²) < 4.78 is 9.83. The average molecular weight is 486 g/mol. The van der Waals surface area contributed by atoms with E-state index in [1.165, 1.54) is 12.8 Å². The van der Waals surface area contributed by atoms with Gasteiger partial charge < -0.3 is 24.5 Å². The molecule has 36 heavy (non-hydrogen) atoms. The number of fused-ring (bicyclic) bond motifs is 4. The minimum atomic E-state index is 0.00656. The first kappa shape index (κ1) is 21.9. The van der Waals surface area contributed by atoms with Crippen molar-refractivity contribution in [3.05, 3.63) is 42.2 Å². The lowest BCUT2D eigenvalue weighted by molar-refractivity contribution is 0.0700. The molecule has 0 unspecified atom stereocenters. The summed E-state index contributed by atoms with van der Waals surface area (Å²) in [7, 11) is 1.70. The van der Waals surface area contributed by atoms with Crippen LogP contribution in [-0.2, 0) is 17.8 Å². The number of imidazole rings is 1. The molecular formula is C27H31N7O2. The summed E-state index contributed by atoms with van der Waals surface area (Å²) in [5.74, 6) is 1.94. The van der Waals surface area contributed by atoms with Crippen LogP contribution >= 0.6 is 0 Å². The Kier molecular flexibility index (Phi) is 5.11. The molecule has 9 heteroatoms. The topological polar surface area (TPSA) is 104 Å². The Morgan fingerprint density at radius 3 is 2.78 bits per heavy atom. The summed E-state index contributed by atoms with van der Waals surface area (Å²) in [5, 5.41) is 1.10. The first-order valence-electron chi connectivity index (χ1n) is 13.0. The Hall–Kier alpha value is -3.30. The van der Waals surface area contributed by atoms with E-state index in [9.17, 15) is 4.79 Å². The van der Waals surface area contributed by atoms with Gasteiger partial charge in [0.2, 0.25) is 0 Å². The highest BCUT2D eigenvalue weighted by Gasteiger charge is 2.47. The van der Waals surface area contributed by atoms with Gasteiger partial charge in [0.25, 0.3) is 5.91 Å². The molecule has 0 aromatic carbocycles. The zero-order chi connectivity index (χ0) is 24.4. The van der Waals surface area contributed by atoms with Gasteiger partial charge in [-0.3, -0.25) is 4.79 Å². The molecule has 3 aliphatic rings. The second-order valence-electron chi connectivity index (χ2n) is 10.6. The fourth-order valence-electron chi connectivity index (χ4n) is 6.18. The first-order valence-corrected chi connectivity index (χ1v) is 13.0. The monoisotopic (exact) mass is 485 g/mol. The number of amides is 1. The van der Waals surface area contributed by atoms with Crippen LogP contribution in [0.5, 0.6) is 0 Å². The highest BCUT2D eigenvalue weighted by molar-refractivity contribution is 5.97. The molecule has 7 rings (SSSR count). The van der Waals surface area contributed by atoms with Crippen molar-refractivity contribution >= 4 is 28.1 Å². The number of rotatable bonds is 7. The number of likely N-dealkylation sites (tertiary alicyclic amines) is 1. The predicted molar refractivity (Wildman–Crippen MR) is 136 cm³/mol. The zero-order valence-corrected chi connectivity index (χ0v) is 20.5. The maximum Gasteiger partial charge on any atom is 0.255 e. The Morgan fingerprint density at radius 2 is 2.03 bits per heavy atom. The van der Waals surface area contributed by atoms with E-state index in [1.54, 1.807) is 13.3 Å². The minimum absolute atomic E-state index is 0.00656. The van der Waals surface area contributed by atoms with E-state index in [-0.39, 0.29) is 18.0 Å². The largest absolute Gasteiger partial charge is 0.383 e. The van der Waals surface area contributed by atoms with E-state index in [2.05, 4.69) is 26.3 Å². The minimum Gasteiger partial charge on any atom is -0.383 e. The summed E-state index contributed by atoms with van der Waals surface area (Å²) in [4.78, 5) is 29.9. The molecule has 186 valence electrons. The molecule has 0 radical (unpaired) electrons. The second-order valence-corrected chi connectivity index (χ2v) is 10.6. The van der Waals surface area contributed by atoms with Gasteiger partial charge in [-0.05, 0) is 61.8 Å². The van der Waals surface area contributed by atoms with Crippen LogP contribution in [-0.4, -0.2) is 67.2 Å². The van der Waals surface area contributed by atoms with E-state index in [0.29, 0.717) is 30.6 Å². The Bertz CT molecular complexity index is 1470. The lowest BCUT2D eigenvalue weighted by atomic mass is 10.1. The number of piperidine rings is 1. The van der Waals surface area contributed by atoms with Gasteiger partial charge in [-0.2, -0.15) is 0 Å². The van der Waals surface area contributed by atoms with E-state index >= 15 is 0 Å². The number of nitrogens with two attached hydrogens (primary N) is 1. The van der Waals surface area contributed by atoms with Crippen molar-refractivity contribution in [2.75, 3.05) is 20.3 Å². The molecule has 3 fully saturated rings. The van der Waals surface area contributed by atoms with Crippen molar-refractivity contribution in [1.82, 2.24) is 29.0 Å². The smallest absolute Gasteiger partial charge is 0.255 e. The molecule has 1 saturated heterocycles. The van der Waals surface area contributed by atoms with Crippen LogP contribution in [0.2, 0.25) is 0 Å². The van der Waals surface area contributed by atoms with Gasteiger partial charge in [0, 0.05) is 56.6 Å². The van der Waals surface area contributed by atoms with Gasteiger partial charge >= 0.3 is 0 Å². The molecule has 9 nitrogen and oxygen atoms in total. The summed E-state index contributed by atoms with van der Waals surface area (Å²) in [6.45, 7) is 2.82. The summed E-state index contributed by atoms with van der Waals surface area (Å²) in [5.41, 5.74) is 10.4. The maximum atomic E-state index is 13.4. The molecule has 1 amide bonds. The molecule has 2 bridgehead atoms. The molecule has 2 saturated carbocycles. The van der Waals surface area contributed by atoms with Crippen molar-refractivity contribution in [2.24, 2.45) is 17.6 Å². The molecule has 0 spiro atoms. The maximum absolute atomic E-state index is 13.4. The van der Waals surface area contributed by atoms with Crippen LogP contribution in [0.4, 0.5) is 0 Å². The number of nitrogens with zero attached hydrogens (tertiary/aromatic N) is 6. The van der Waals surface area contributed by atoms with Crippen LogP contribution < -0.4 is 5.73 Å². The predicted octanol–water partition coefficient (Wildman–Crippen LogP) is 3.07. The number of ether oxygens (including phenoxy) is 1. The van der Waals surface area contributed by atoms with E-state index in [0.717, 1.165) is 59.6 Å². The lowest BCUT2D eigenvalue weighted by Gasteiger charge is -2.27. The first-order chi connectivity index (χ1) is 17.6. The molecule has 2 aliphatic carbocycles. The van der Waals surface area contributed by atoms with Gasteiger partial charge in [0.1, 0.15) is 11.2 Å². The van der Waals surface area contributed by atoms with Crippen molar-refractivity contribution in [1.29, 1.82) is 0 Å². The summed E-state index contributed by atoms with van der Waals surface area (Å²) >= 11 is 0. The highest BCUT2D eigenvalue weighted by Crippen LogP contribution is 2.38. The molecule has 3 atom stereocenters. The number of carbonyl (C=O) groups is 1. The third kappa shape index (κ3) is 3.44. The quantitative estimate of drug-likeness (QED) is 0.431. The van der Waals surface area contributed by atoms with E-state index in [4.69, 9.17) is 20.4 Å². The van der Waals surface area contributed by atoms with Crippen LogP contribution in [0.3, 0.4) is 0 Å². The van der Waals surface area contributed by atoms with Crippen molar-refractivity contribution in [2.45, 2.75) is 50.9 Å². The third-order valence-electron chi connectivity index (χ3n) is 8.29. The SMILES string of the molecule is COCCn1c(-c2cc3cccnc3n2CC2CC2)nc2cc(C(=O)N3C[C@H]4CC[C@@H]3[C@@H]4N)cnc21. The molecule has 4 aromatic heterocycles. The number of methoxy groups -OCH3 is 1. The highest BCUT2D eigenvalue weighted by atomic mass is 16.5. The molecule has 5 heterocycles.